The molecule has 0 saturated heterocycles. The van der Waals surface area contributed by atoms with Gasteiger partial charge in [0, 0.05) is 12.3 Å². The number of nitrogen functional groups attached to an aromatic ring is 1. The quantitative estimate of drug-likeness (QED) is 0.668. The van der Waals surface area contributed by atoms with Gasteiger partial charge in [0.25, 0.3) is 0 Å². The van der Waals surface area contributed by atoms with Crippen LogP contribution < -0.4 is 15.8 Å². The summed E-state index contributed by atoms with van der Waals surface area (Å²) < 4.78 is 5.08. The number of carbonyl (C=O) groups is 1. The van der Waals surface area contributed by atoms with E-state index in [9.17, 15) is 4.79 Å². The molecule has 21 heavy (non-hydrogen) atoms. The Hall–Kier alpha value is -2.82. The molecular weight excluding hydrogens is 266 g/mol. The molecule has 0 bridgehead atoms. The molecule has 0 unspecified atom stereocenters. The third kappa shape index (κ3) is 3.82. The maximum Gasteiger partial charge on any atom is 0.249 e. The molecule has 0 fully saturated rings. The second-order valence-corrected chi connectivity index (χ2v) is 4.49. The lowest BCUT2D eigenvalue weighted by Crippen LogP contribution is -2.10. The summed E-state index contributed by atoms with van der Waals surface area (Å²) in [4.78, 5) is 16.0. The Kier molecular flexibility index (Phi) is 4.56. The van der Waals surface area contributed by atoms with E-state index < -0.39 is 0 Å². The van der Waals surface area contributed by atoms with Gasteiger partial charge in [-0.1, -0.05) is 12.1 Å². The Morgan fingerprint density at radius 1 is 1.38 bits per heavy atom. The molecule has 1 heterocycles. The molecule has 0 aliphatic heterocycles. The van der Waals surface area contributed by atoms with E-state index in [1.807, 2.05) is 25.1 Å². The summed E-state index contributed by atoms with van der Waals surface area (Å²) in [6.07, 6.45) is 4.76. The van der Waals surface area contributed by atoms with Crippen molar-refractivity contribution in [2.75, 3.05) is 18.2 Å². The van der Waals surface area contributed by atoms with Crippen LogP contribution in [-0.4, -0.2) is 18.0 Å². The fraction of sp³-hybridized carbons (Fsp3) is 0.125. The van der Waals surface area contributed by atoms with Gasteiger partial charge in [0.15, 0.2) is 0 Å². The van der Waals surface area contributed by atoms with Crippen LogP contribution in [0.1, 0.15) is 11.1 Å². The lowest BCUT2D eigenvalue weighted by atomic mass is 10.1. The molecule has 1 aromatic carbocycles. The van der Waals surface area contributed by atoms with E-state index in [0.29, 0.717) is 17.3 Å². The van der Waals surface area contributed by atoms with Crippen LogP contribution in [0.5, 0.6) is 5.75 Å². The summed E-state index contributed by atoms with van der Waals surface area (Å²) in [5.74, 6) is 0.924. The number of pyridine rings is 1. The molecule has 0 saturated carbocycles. The van der Waals surface area contributed by atoms with Gasteiger partial charge in [-0.3, -0.25) is 4.79 Å². The van der Waals surface area contributed by atoms with Crippen molar-refractivity contribution < 1.29 is 9.53 Å². The molecule has 0 radical (unpaired) electrons. The average Bonchev–Trinajstić information content (AvgIpc) is 2.48. The Bertz CT molecular complexity index is 681. The fourth-order valence-electron chi connectivity index (χ4n) is 1.80. The summed E-state index contributed by atoms with van der Waals surface area (Å²) in [6, 6.07) is 9.03. The Labute approximate surface area is 123 Å². The number of nitrogens with two attached hydrogens (primary N) is 1. The van der Waals surface area contributed by atoms with E-state index in [-0.39, 0.29) is 5.91 Å². The first-order valence-electron chi connectivity index (χ1n) is 6.44. The van der Waals surface area contributed by atoms with Gasteiger partial charge in [-0.25, -0.2) is 4.98 Å². The molecule has 2 aromatic rings. The van der Waals surface area contributed by atoms with E-state index >= 15 is 0 Å². The number of rotatable bonds is 4. The highest BCUT2D eigenvalue weighted by atomic mass is 16.5. The van der Waals surface area contributed by atoms with Gasteiger partial charge >= 0.3 is 0 Å². The molecule has 5 nitrogen and oxygen atoms in total. The minimum absolute atomic E-state index is 0.244. The second-order valence-electron chi connectivity index (χ2n) is 4.49. The highest BCUT2D eigenvalue weighted by Crippen LogP contribution is 2.22. The monoisotopic (exact) mass is 283 g/mol. The van der Waals surface area contributed by atoms with E-state index in [1.165, 1.54) is 6.08 Å². The zero-order valence-corrected chi connectivity index (χ0v) is 12.0. The van der Waals surface area contributed by atoms with Gasteiger partial charge in [-0.05, 0) is 42.3 Å². The fourth-order valence-corrected chi connectivity index (χ4v) is 1.80. The van der Waals surface area contributed by atoms with Crippen molar-refractivity contribution in [3.05, 3.63) is 53.7 Å². The van der Waals surface area contributed by atoms with Crippen LogP contribution in [0.3, 0.4) is 0 Å². The lowest BCUT2D eigenvalue weighted by Gasteiger charge is -2.05. The number of benzene rings is 1. The number of anilines is 2. The highest BCUT2D eigenvalue weighted by Gasteiger charge is 2.02. The van der Waals surface area contributed by atoms with E-state index in [4.69, 9.17) is 10.5 Å². The van der Waals surface area contributed by atoms with Crippen LogP contribution in [0, 0.1) is 6.92 Å². The van der Waals surface area contributed by atoms with Gasteiger partial charge in [0.2, 0.25) is 5.91 Å². The number of ether oxygens (including phenoxy) is 1. The molecule has 3 N–H and O–H groups in total. The first-order valence-corrected chi connectivity index (χ1v) is 6.44. The van der Waals surface area contributed by atoms with Crippen molar-refractivity contribution >= 4 is 23.5 Å². The predicted molar refractivity (Wildman–Crippen MR) is 84.0 cm³/mol. The normalized spacial score (nSPS) is 10.6. The van der Waals surface area contributed by atoms with E-state index in [1.54, 1.807) is 31.5 Å². The Morgan fingerprint density at radius 3 is 2.86 bits per heavy atom. The van der Waals surface area contributed by atoms with Crippen LogP contribution in [0.4, 0.5) is 11.5 Å². The molecule has 1 amide bonds. The zero-order chi connectivity index (χ0) is 15.2. The highest BCUT2D eigenvalue weighted by molar-refractivity contribution is 6.01. The van der Waals surface area contributed by atoms with Crippen molar-refractivity contribution in [3.63, 3.8) is 0 Å². The van der Waals surface area contributed by atoms with Crippen LogP contribution in [0.2, 0.25) is 0 Å². The number of hydrogen-bond donors (Lipinski definition) is 2. The van der Waals surface area contributed by atoms with Crippen molar-refractivity contribution in [1.82, 2.24) is 4.98 Å². The maximum atomic E-state index is 11.9. The third-order valence-electron chi connectivity index (χ3n) is 2.93. The number of hydrogen-bond acceptors (Lipinski definition) is 4. The molecule has 0 atom stereocenters. The number of carbonyl (C=O) groups excluding carboxylic acids is 1. The maximum absolute atomic E-state index is 11.9. The molecular formula is C16H17N3O2. The molecule has 1 aromatic heterocycles. The minimum atomic E-state index is -0.244. The number of aromatic nitrogens is 1. The molecule has 5 heteroatoms. The predicted octanol–water partition coefficient (Wildman–Crippen LogP) is 2.63. The molecule has 0 spiro atoms. The minimum Gasteiger partial charge on any atom is -0.495 e. The van der Waals surface area contributed by atoms with Crippen LogP contribution in [0.15, 0.2) is 42.6 Å². The van der Waals surface area contributed by atoms with Gasteiger partial charge in [-0.15, -0.1) is 0 Å². The summed E-state index contributed by atoms with van der Waals surface area (Å²) in [7, 11) is 1.56. The van der Waals surface area contributed by atoms with Crippen LogP contribution in [-0.2, 0) is 4.79 Å². The lowest BCUT2D eigenvalue weighted by molar-refractivity contribution is -0.111. The number of nitrogens with zero attached hydrogens (tertiary/aromatic N) is 1. The molecule has 2 rings (SSSR count). The van der Waals surface area contributed by atoms with Crippen molar-refractivity contribution in [2.45, 2.75) is 6.92 Å². The number of aryl methyl sites for hydroxylation is 1. The van der Waals surface area contributed by atoms with Gasteiger partial charge in [0.1, 0.15) is 11.6 Å². The second kappa shape index (κ2) is 6.56. The van der Waals surface area contributed by atoms with Gasteiger partial charge in [-0.2, -0.15) is 0 Å². The van der Waals surface area contributed by atoms with Gasteiger partial charge in [0.05, 0.1) is 12.8 Å². The molecule has 108 valence electrons. The standard InChI is InChI=1S/C16H17N3O2/c1-11-4-3-9-18-16(11)19-15(20)8-6-12-5-7-14(21-2)13(17)10-12/h3-10H,17H2,1-2H3,(H,18,19,20)/b8-6-. The third-order valence-corrected chi connectivity index (χ3v) is 2.93. The largest absolute Gasteiger partial charge is 0.495 e. The number of methoxy groups -OCH3 is 1. The van der Waals surface area contributed by atoms with Crippen molar-refractivity contribution in [3.8, 4) is 5.75 Å². The average molecular weight is 283 g/mol. The first-order chi connectivity index (χ1) is 10.1. The summed E-state index contributed by atoms with van der Waals surface area (Å²) in [5.41, 5.74) is 8.07. The van der Waals surface area contributed by atoms with Gasteiger partial charge < -0.3 is 15.8 Å². The molecule has 0 aliphatic rings. The van der Waals surface area contributed by atoms with Crippen molar-refractivity contribution in [1.29, 1.82) is 0 Å². The number of amides is 1. The Morgan fingerprint density at radius 2 is 2.19 bits per heavy atom. The summed E-state index contributed by atoms with van der Waals surface area (Å²) >= 11 is 0. The van der Waals surface area contributed by atoms with Crippen molar-refractivity contribution in [2.24, 2.45) is 0 Å². The van der Waals surface area contributed by atoms with Crippen LogP contribution in [0.25, 0.3) is 6.08 Å². The topological polar surface area (TPSA) is 77.2 Å². The zero-order valence-electron chi connectivity index (χ0n) is 12.0. The van der Waals surface area contributed by atoms with E-state index in [2.05, 4.69) is 10.3 Å². The Balaban J connectivity index is 2.05. The SMILES string of the molecule is COc1ccc(/C=C\C(=O)Nc2ncccc2C)cc1N. The molecule has 0 aliphatic carbocycles. The first kappa shape index (κ1) is 14.6. The van der Waals surface area contributed by atoms with Crippen LogP contribution >= 0.6 is 0 Å². The number of nitrogens with one attached hydrogen (secondary N) is 1. The smallest absolute Gasteiger partial charge is 0.249 e. The summed E-state index contributed by atoms with van der Waals surface area (Å²) in [5, 5.41) is 2.72. The summed E-state index contributed by atoms with van der Waals surface area (Å²) in [6.45, 7) is 1.89. The van der Waals surface area contributed by atoms with E-state index in [0.717, 1.165) is 11.1 Å².